The van der Waals surface area contributed by atoms with Crippen LogP contribution >= 0.6 is 11.8 Å². The van der Waals surface area contributed by atoms with E-state index in [0.717, 1.165) is 32.0 Å². The molecule has 2 heterocycles. The average molecular weight is 232 g/mol. The van der Waals surface area contributed by atoms with Crippen molar-refractivity contribution in [3.8, 4) is 0 Å². The first-order chi connectivity index (χ1) is 7.16. The Morgan fingerprint density at radius 2 is 2.00 bits per heavy atom. The van der Waals surface area contributed by atoms with Crippen LogP contribution in [0.3, 0.4) is 0 Å². The van der Waals surface area contributed by atoms with Gasteiger partial charge in [-0.05, 0) is 11.8 Å². The second-order valence-electron chi connectivity index (χ2n) is 3.52. The first-order valence-corrected chi connectivity index (χ1v) is 5.13. The monoisotopic (exact) mass is 231 g/mol. The van der Waals surface area contributed by atoms with Crippen molar-refractivity contribution >= 4 is 23.3 Å². The molecular formula is C9H13ClFN4+. The van der Waals surface area contributed by atoms with Gasteiger partial charge in [0.2, 0.25) is 0 Å². The van der Waals surface area contributed by atoms with Crippen LogP contribution in [0, 0.1) is 5.82 Å². The summed E-state index contributed by atoms with van der Waals surface area (Å²) in [7, 11) is 0. The Balaban J connectivity index is 2.15. The van der Waals surface area contributed by atoms with Crippen molar-refractivity contribution in [2.45, 2.75) is 0 Å². The summed E-state index contributed by atoms with van der Waals surface area (Å²) in [5.74, 6) is 0.411. The number of pyridine rings is 1. The van der Waals surface area contributed by atoms with Gasteiger partial charge >= 0.3 is 0 Å². The number of halogens is 2. The zero-order chi connectivity index (χ0) is 10.8. The summed E-state index contributed by atoms with van der Waals surface area (Å²) in [4.78, 5) is 4.92. The number of nitrogens with zero attached hydrogens (tertiary/aromatic N) is 2. The fourth-order valence-electron chi connectivity index (χ4n) is 1.66. The normalized spacial score (nSPS) is 18.1. The molecule has 2 rings (SSSR count). The van der Waals surface area contributed by atoms with Gasteiger partial charge in [0.15, 0.2) is 5.82 Å². The van der Waals surface area contributed by atoms with E-state index in [1.165, 1.54) is 12.3 Å². The molecule has 1 fully saturated rings. The van der Waals surface area contributed by atoms with Gasteiger partial charge < -0.3 is 5.73 Å². The van der Waals surface area contributed by atoms with E-state index in [9.17, 15) is 4.39 Å². The van der Waals surface area contributed by atoms with Gasteiger partial charge in [0, 0.05) is 6.07 Å². The minimum atomic E-state index is -0.354. The minimum Gasteiger partial charge on any atom is -0.392 e. The molecule has 3 N–H and O–H groups in total. The maximum atomic E-state index is 12.8. The number of aromatic nitrogens is 1. The largest absolute Gasteiger partial charge is 0.392 e. The molecule has 1 aliphatic rings. The van der Waals surface area contributed by atoms with E-state index in [4.69, 9.17) is 17.5 Å². The van der Waals surface area contributed by atoms with Crippen LogP contribution in [0.25, 0.3) is 0 Å². The van der Waals surface area contributed by atoms with Gasteiger partial charge in [0.1, 0.15) is 11.9 Å². The van der Waals surface area contributed by atoms with Crippen LogP contribution in [0.2, 0.25) is 0 Å². The third-order valence-corrected chi connectivity index (χ3v) is 2.79. The Kier molecular flexibility index (Phi) is 2.93. The van der Waals surface area contributed by atoms with Crippen LogP contribution < -0.4 is 15.6 Å². The van der Waals surface area contributed by atoms with E-state index < -0.39 is 0 Å². The summed E-state index contributed by atoms with van der Waals surface area (Å²) in [5.41, 5.74) is 6.16. The van der Waals surface area contributed by atoms with Gasteiger partial charge in [0.25, 0.3) is 5.82 Å². The molecule has 82 valence electrons. The molecule has 0 atom stereocenters. The van der Waals surface area contributed by atoms with Crippen molar-refractivity contribution in [2.24, 2.45) is 0 Å². The Morgan fingerprint density at radius 3 is 2.60 bits per heavy atom. The van der Waals surface area contributed by atoms with Crippen LogP contribution in [0.5, 0.6) is 0 Å². The van der Waals surface area contributed by atoms with E-state index in [1.54, 1.807) is 4.42 Å². The summed E-state index contributed by atoms with van der Waals surface area (Å²) < 4.78 is 14.5. The third kappa shape index (κ3) is 2.30. The number of nitrogens with two attached hydrogens (primary N) is 1. The molecule has 0 bridgehead atoms. The van der Waals surface area contributed by atoms with E-state index in [0.29, 0.717) is 5.69 Å². The van der Waals surface area contributed by atoms with Crippen molar-refractivity contribution in [3.63, 3.8) is 0 Å². The van der Waals surface area contributed by atoms with E-state index in [-0.39, 0.29) is 5.82 Å². The summed E-state index contributed by atoms with van der Waals surface area (Å²) >= 11 is 5.84. The van der Waals surface area contributed by atoms with Crippen LogP contribution in [0.4, 0.5) is 15.9 Å². The molecule has 0 saturated carbocycles. The van der Waals surface area contributed by atoms with Crippen molar-refractivity contribution in [3.05, 3.63) is 18.1 Å². The molecular weight excluding hydrogens is 219 g/mol. The maximum absolute atomic E-state index is 12.8. The number of hydrogen-bond acceptors (Lipinski definition) is 3. The second kappa shape index (κ2) is 4.20. The lowest BCUT2D eigenvalue weighted by molar-refractivity contribution is -0.366. The van der Waals surface area contributed by atoms with Crippen molar-refractivity contribution in [2.75, 3.05) is 36.8 Å². The molecule has 1 aromatic rings. The Labute approximate surface area is 92.5 Å². The molecule has 0 spiro atoms. The van der Waals surface area contributed by atoms with E-state index >= 15 is 0 Å². The molecule has 0 aromatic carbocycles. The van der Waals surface area contributed by atoms with Crippen LogP contribution in [-0.2, 0) is 0 Å². The number of nitrogens with one attached hydrogen (secondary N) is 1. The van der Waals surface area contributed by atoms with Crippen molar-refractivity contribution < 1.29 is 9.37 Å². The van der Waals surface area contributed by atoms with E-state index in [2.05, 4.69) is 9.88 Å². The van der Waals surface area contributed by atoms with Gasteiger partial charge in [-0.1, -0.05) is 0 Å². The predicted molar refractivity (Wildman–Crippen MR) is 57.0 cm³/mol. The second-order valence-corrected chi connectivity index (χ2v) is 4.00. The molecule has 1 aliphatic heterocycles. The topological polar surface area (TPSA) is 46.6 Å². The lowest BCUT2D eigenvalue weighted by atomic mass is 10.3. The first kappa shape index (κ1) is 10.4. The highest BCUT2D eigenvalue weighted by Crippen LogP contribution is 2.19. The molecule has 4 nitrogen and oxygen atoms in total. The third-order valence-electron chi connectivity index (χ3n) is 2.45. The number of aromatic amines is 1. The van der Waals surface area contributed by atoms with Crippen molar-refractivity contribution in [1.82, 2.24) is 4.42 Å². The highest BCUT2D eigenvalue weighted by atomic mass is 35.5. The van der Waals surface area contributed by atoms with Crippen molar-refractivity contribution in [1.29, 1.82) is 0 Å². The number of H-pyrrole nitrogens is 1. The van der Waals surface area contributed by atoms with Gasteiger partial charge in [-0.2, -0.15) is 0 Å². The minimum absolute atomic E-state index is 0.354. The average Bonchev–Trinajstić information content (AvgIpc) is 2.20. The first-order valence-electron chi connectivity index (χ1n) is 4.79. The molecule has 0 unspecified atom stereocenters. The number of hydrogen-bond donors (Lipinski definition) is 1. The molecule has 1 aromatic heterocycles. The SMILES string of the molecule is Nc1cc(F)c[nH+]c1N1CCN(Cl)CC1. The number of rotatable bonds is 1. The van der Waals surface area contributed by atoms with Gasteiger partial charge in [-0.3, -0.25) is 4.90 Å². The van der Waals surface area contributed by atoms with Gasteiger partial charge in [-0.25, -0.2) is 13.8 Å². The van der Waals surface area contributed by atoms with Crippen LogP contribution in [0.1, 0.15) is 0 Å². The molecule has 0 radical (unpaired) electrons. The summed E-state index contributed by atoms with van der Waals surface area (Å²) in [6.45, 7) is 3.12. The Bertz CT molecular complexity index is 352. The van der Waals surface area contributed by atoms with Crippen LogP contribution in [-0.4, -0.2) is 30.6 Å². The van der Waals surface area contributed by atoms with E-state index in [1.807, 2.05) is 0 Å². The predicted octanol–water partition coefficient (Wildman–Crippen LogP) is 0.498. The highest BCUT2D eigenvalue weighted by molar-refractivity contribution is 6.13. The fraction of sp³-hybridized carbons (Fsp3) is 0.444. The maximum Gasteiger partial charge on any atom is 0.298 e. The fourth-order valence-corrected chi connectivity index (χ4v) is 1.81. The van der Waals surface area contributed by atoms with Crippen LogP contribution in [0.15, 0.2) is 12.3 Å². The standard InChI is InChI=1S/C9H12ClFN4/c10-15-3-1-14(2-4-15)9-8(12)5-7(11)6-13-9/h5-6H,1-4,12H2/p+1. The Hall–Kier alpha value is -1.07. The van der Waals surface area contributed by atoms with Gasteiger partial charge in [-0.15, -0.1) is 0 Å². The zero-order valence-corrected chi connectivity index (χ0v) is 8.97. The molecule has 1 saturated heterocycles. The van der Waals surface area contributed by atoms with Gasteiger partial charge in [0.05, 0.1) is 26.2 Å². The lowest BCUT2D eigenvalue weighted by Crippen LogP contribution is -2.44. The summed E-state index contributed by atoms with van der Waals surface area (Å²) in [6, 6.07) is 1.32. The lowest BCUT2D eigenvalue weighted by Gasteiger charge is -2.26. The molecule has 6 heteroatoms. The quantitative estimate of drug-likeness (QED) is 0.716. The summed E-state index contributed by atoms with van der Waals surface area (Å²) in [5, 5.41) is 0. The molecule has 0 aliphatic carbocycles. The zero-order valence-electron chi connectivity index (χ0n) is 8.21. The highest BCUT2D eigenvalue weighted by Gasteiger charge is 2.24. The Morgan fingerprint density at radius 1 is 1.33 bits per heavy atom. The number of anilines is 2. The smallest absolute Gasteiger partial charge is 0.298 e. The summed E-state index contributed by atoms with van der Waals surface area (Å²) in [6.07, 6.45) is 1.30. The molecule has 15 heavy (non-hydrogen) atoms. The molecule has 0 amide bonds. The number of piperazine rings is 1. The number of nitrogen functional groups attached to an aromatic ring is 1.